The molecule has 0 spiro atoms. The third-order valence-electron chi connectivity index (χ3n) is 3.50. The van der Waals surface area contributed by atoms with Gasteiger partial charge in [-0.05, 0) is 37.5 Å². The second-order valence-corrected chi connectivity index (χ2v) is 4.54. The Balaban J connectivity index is 2.08. The predicted molar refractivity (Wildman–Crippen MR) is 64.8 cm³/mol. The van der Waals surface area contributed by atoms with E-state index in [1.807, 2.05) is 12.1 Å². The van der Waals surface area contributed by atoms with Crippen LogP contribution in [0.15, 0.2) is 18.2 Å². The first-order chi connectivity index (χ1) is 8.29. The molecule has 1 aromatic rings. The Hall–Kier alpha value is -2.02. The molecule has 2 heterocycles. The lowest BCUT2D eigenvalue weighted by Crippen LogP contribution is -2.50. The minimum atomic E-state index is -0.0507. The molecule has 1 saturated heterocycles. The van der Waals surface area contributed by atoms with Crippen LogP contribution in [0.5, 0.6) is 0 Å². The van der Waals surface area contributed by atoms with E-state index in [4.69, 9.17) is 5.26 Å². The molecule has 17 heavy (non-hydrogen) atoms. The average Bonchev–Trinajstić information content (AvgIpc) is 2.39. The molecule has 3 rings (SSSR count). The third kappa shape index (κ3) is 1.55. The molecule has 0 saturated carbocycles. The molecule has 1 N–H and O–H groups in total. The van der Waals surface area contributed by atoms with E-state index in [2.05, 4.69) is 16.3 Å². The van der Waals surface area contributed by atoms with Crippen molar-refractivity contribution in [2.75, 3.05) is 16.8 Å². The van der Waals surface area contributed by atoms with E-state index in [-0.39, 0.29) is 11.9 Å². The lowest BCUT2D eigenvalue weighted by molar-refractivity contribution is -0.118. The molecule has 4 nitrogen and oxygen atoms in total. The lowest BCUT2D eigenvalue weighted by atomic mass is 9.97. The van der Waals surface area contributed by atoms with Gasteiger partial charge >= 0.3 is 0 Å². The topological polar surface area (TPSA) is 56.1 Å². The van der Waals surface area contributed by atoms with Crippen LogP contribution < -0.4 is 10.2 Å². The molecule has 2 aliphatic heterocycles. The Bertz CT molecular complexity index is 518. The van der Waals surface area contributed by atoms with Crippen molar-refractivity contribution in [1.82, 2.24) is 0 Å². The number of benzene rings is 1. The van der Waals surface area contributed by atoms with Crippen LogP contribution in [0.4, 0.5) is 11.4 Å². The molecule has 0 bridgehead atoms. The van der Waals surface area contributed by atoms with Crippen LogP contribution in [0, 0.1) is 11.3 Å². The molecule has 0 aromatic heterocycles. The number of anilines is 2. The van der Waals surface area contributed by atoms with Crippen molar-refractivity contribution in [1.29, 1.82) is 5.26 Å². The number of carbonyl (C=O) groups excluding carboxylic acids is 1. The van der Waals surface area contributed by atoms with Crippen molar-refractivity contribution in [3.63, 3.8) is 0 Å². The maximum atomic E-state index is 11.9. The van der Waals surface area contributed by atoms with Gasteiger partial charge in [0.15, 0.2) is 0 Å². The van der Waals surface area contributed by atoms with Gasteiger partial charge in [0.05, 0.1) is 23.0 Å². The minimum Gasteiger partial charge on any atom is -0.358 e. The molecule has 1 aromatic carbocycles. The molecular weight excluding hydrogens is 214 g/mol. The zero-order valence-electron chi connectivity index (χ0n) is 9.44. The highest BCUT2D eigenvalue weighted by Gasteiger charge is 2.34. The maximum Gasteiger partial charge on any atom is 0.247 e. The second-order valence-electron chi connectivity index (χ2n) is 4.54. The van der Waals surface area contributed by atoms with E-state index in [0.717, 1.165) is 37.2 Å². The predicted octanol–water partition coefficient (Wildman–Crippen LogP) is 1.87. The largest absolute Gasteiger partial charge is 0.358 e. The number of hydrogen-bond donors (Lipinski definition) is 1. The first kappa shape index (κ1) is 10.2. The highest BCUT2D eigenvalue weighted by Crippen LogP contribution is 2.36. The lowest BCUT2D eigenvalue weighted by Gasteiger charge is -2.41. The van der Waals surface area contributed by atoms with Gasteiger partial charge in [-0.15, -0.1) is 0 Å². The Kier molecular flexibility index (Phi) is 2.25. The Labute approximate surface area is 99.8 Å². The van der Waals surface area contributed by atoms with E-state index in [1.54, 1.807) is 6.07 Å². The van der Waals surface area contributed by atoms with Crippen molar-refractivity contribution < 1.29 is 4.79 Å². The van der Waals surface area contributed by atoms with E-state index < -0.39 is 0 Å². The monoisotopic (exact) mass is 227 g/mol. The normalized spacial score (nSPS) is 22.2. The van der Waals surface area contributed by atoms with Crippen molar-refractivity contribution in [2.45, 2.75) is 25.3 Å². The van der Waals surface area contributed by atoms with Crippen molar-refractivity contribution in [2.24, 2.45) is 0 Å². The highest BCUT2D eigenvalue weighted by molar-refractivity contribution is 6.03. The molecule has 1 unspecified atom stereocenters. The first-order valence-corrected chi connectivity index (χ1v) is 5.91. The van der Waals surface area contributed by atoms with Gasteiger partial charge < -0.3 is 10.2 Å². The summed E-state index contributed by atoms with van der Waals surface area (Å²) in [6, 6.07) is 7.52. The molecule has 2 aliphatic rings. The van der Waals surface area contributed by atoms with Gasteiger partial charge in [0.1, 0.15) is 6.04 Å². The number of amides is 1. The van der Waals surface area contributed by atoms with Gasteiger partial charge in [0, 0.05) is 6.54 Å². The summed E-state index contributed by atoms with van der Waals surface area (Å²) in [7, 11) is 0. The summed E-state index contributed by atoms with van der Waals surface area (Å²) in [6.45, 7) is 0.903. The van der Waals surface area contributed by atoms with Gasteiger partial charge in [-0.2, -0.15) is 5.26 Å². The van der Waals surface area contributed by atoms with Crippen LogP contribution in [-0.2, 0) is 4.79 Å². The number of piperidine rings is 1. The van der Waals surface area contributed by atoms with Gasteiger partial charge in [-0.1, -0.05) is 0 Å². The number of nitrogens with zero attached hydrogens (tertiary/aromatic N) is 2. The summed E-state index contributed by atoms with van der Waals surface area (Å²) < 4.78 is 0. The molecule has 1 atom stereocenters. The molecule has 1 fully saturated rings. The standard InChI is InChI=1S/C13H13N3O/c14-8-9-4-5-10-12(7-9)16-6-2-1-3-11(16)13(17)15-10/h4-5,7,11H,1-3,6H2,(H,15,17). The second kappa shape index (κ2) is 3.77. The first-order valence-electron chi connectivity index (χ1n) is 5.91. The summed E-state index contributed by atoms with van der Waals surface area (Å²) in [4.78, 5) is 14.1. The SMILES string of the molecule is N#Cc1ccc2c(c1)N1CCCCC1C(=O)N2. The Morgan fingerprint density at radius 1 is 1.41 bits per heavy atom. The minimum absolute atomic E-state index is 0.0507. The van der Waals surface area contributed by atoms with Crippen LogP contribution in [0.3, 0.4) is 0 Å². The average molecular weight is 227 g/mol. The molecule has 0 radical (unpaired) electrons. The zero-order valence-corrected chi connectivity index (χ0v) is 9.44. The Morgan fingerprint density at radius 3 is 3.12 bits per heavy atom. The van der Waals surface area contributed by atoms with Gasteiger partial charge in [-0.3, -0.25) is 4.79 Å². The van der Waals surface area contributed by atoms with Gasteiger partial charge in [0.2, 0.25) is 5.91 Å². The number of fused-ring (bicyclic) bond motifs is 3. The fourth-order valence-corrected chi connectivity index (χ4v) is 2.65. The van der Waals surface area contributed by atoms with E-state index >= 15 is 0 Å². The molecule has 0 aliphatic carbocycles. The van der Waals surface area contributed by atoms with E-state index in [1.165, 1.54) is 0 Å². The summed E-state index contributed by atoms with van der Waals surface area (Å²) in [5.74, 6) is 0.0851. The highest BCUT2D eigenvalue weighted by atomic mass is 16.2. The summed E-state index contributed by atoms with van der Waals surface area (Å²) in [5.41, 5.74) is 2.46. The number of nitrogens with one attached hydrogen (secondary N) is 1. The Morgan fingerprint density at radius 2 is 2.29 bits per heavy atom. The number of nitriles is 1. The molecule has 1 amide bonds. The zero-order chi connectivity index (χ0) is 11.8. The number of carbonyl (C=O) groups is 1. The smallest absolute Gasteiger partial charge is 0.247 e. The maximum absolute atomic E-state index is 11.9. The van der Waals surface area contributed by atoms with Crippen LogP contribution in [-0.4, -0.2) is 18.5 Å². The van der Waals surface area contributed by atoms with Crippen LogP contribution >= 0.6 is 0 Å². The summed E-state index contributed by atoms with van der Waals surface area (Å²) in [5, 5.41) is 11.9. The van der Waals surface area contributed by atoms with Crippen molar-refractivity contribution >= 4 is 17.3 Å². The van der Waals surface area contributed by atoms with Crippen LogP contribution in [0.25, 0.3) is 0 Å². The van der Waals surface area contributed by atoms with Crippen molar-refractivity contribution in [3.05, 3.63) is 23.8 Å². The fourth-order valence-electron chi connectivity index (χ4n) is 2.65. The summed E-state index contributed by atoms with van der Waals surface area (Å²) >= 11 is 0. The summed E-state index contributed by atoms with van der Waals surface area (Å²) in [6.07, 6.45) is 3.11. The third-order valence-corrected chi connectivity index (χ3v) is 3.50. The molecular formula is C13H13N3O. The molecule has 4 heteroatoms. The number of rotatable bonds is 0. The van der Waals surface area contributed by atoms with Crippen LogP contribution in [0.1, 0.15) is 24.8 Å². The van der Waals surface area contributed by atoms with E-state index in [0.29, 0.717) is 5.56 Å². The number of hydrogen-bond acceptors (Lipinski definition) is 3. The fraction of sp³-hybridized carbons (Fsp3) is 0.385. The van der Waals surface area contributed by atoms with Crippen molar-refractivity contribution in [3.8, 4) is 6.07 Å². The van der Waals surface area contributed by atoms with Gasteiger partial charge in [-0.25, -0.2) is 0 Å². The molecule has 86 valence electrons. The van der Waals surface area contributed by atoms with Gasteiger partial charge in [0.25, 0.3) is 0 Å². The quantitative estimate of drug-likeness (QED) is 0.736. The van der Waals surface area contributed by atoms with Crippen LogP contribution in [0.2, 0.25) is 0 Å². The van der Waals surface area contributed by atoms with E-state index in [9.17, 15) is 4.79 Å².